The highest BCUT2D eigenvalue weighted by Crippen LogP contribution is 2.10. The van der Waals surface area contributed by atoms with Gasteiger partial charge in [0.2, 0.25) is 0 Å². The molecule has 2 heteroatoms. The molecule has 0 aromatic rings. The van der Waals surface area contributed by atoms with Crippen molar-refractivity contribution < 1.29 is 0 Å². The van der Waals surface area contributed by atoms with Gasteiger partial charge < -0.3 is 5.73 Å². The second kappa shape index (κ2) is 5.18. The van der Waals surface area contributed by atoms with E-state index in [0.29, 0.717) is 5.70 Å². The summed E-state index contributed by atoms with van der Waals surface area (Å²) in [6, 6.07) is 0. The lowest BCUT2D eigenvalue weighted by Gasteiger charge is -1.98. The van der Waals surface area contributed by atoms with Crippen LogP contribution in [-0.2, 0) is 0 Å². The highest BCUT2D eigenvalue weighted by Gasteiger charge is 1.90. The molecule has 0 unspecified atom stereocenters. The molecule has 0 saturated carbocycles. The highest BCUT2D eigenvalue weighted by molar-refractivity contribution is 8.01. The monoisotopic (exact) mass is 155 g/mol. The number of hydrogen-bond acceptors (Lipinski definition) is 2. The molecule has 0 aromatic carbocycles. The molecule has 0 heterocycles. The molecule has 0 spiro atoms. The van der Waals surface area contributed by atoms with E-state index in [2.05, 4.69) is 13.2 Å². The standard InChI is InChI=1S/C8H13NS/c1-4-8(6-10-3)5-7(2)9/h4,6H,1-2,5,9H2,3H3/b8-6+. The van der Waals surface area contributed by atoms with E-state index in [0.717, 1.165) is 12.0 Å². The molecular formula is C8H13NS. The van der Waals surface area contributed by atoms with Gasteiger partial charge in [0.15, 0.2) is 0 Å². The molecule has 0 rings (SSSR count). The van der Waals surface area contributed by atoms with E-state index in [9.17, 15) is 0 Å². The summed E-state index contributed by atoms with van der Waals surface area (Å²) in [5.41, 5.74) is 7.21. The maximum Gasteiger partial charge on any atom is 0.0120 e. The minimum atomic E-state index is 0.681. The predicted octanol–water partition coefficient (Wildman–Crippen LogP) is 2.28. The molecule has 0 radical (unpaired) electrons. The summed E-state index contributed by atoms with van der Waals surface area (Å²) in [6.07, 6.45) is 4.53. The lowest BCUT2D eigenvalue weighted by atomic mass is 10.2. The summed E-state index contributed by atoms with van der Waals surface area (Å²) in [5, 5.41) is 2.02. The zero-order chi connectivity index (χ0) is 7.98. The van der Waals surface area contributed by atoms with Crippen LogP contribution in [0.2, 0.25) is 0 Å². The summed E-state index contributed by atoms with van der Waals surface area (Å²) in [7, 11) is 0. The van der Waals surface area contributed by atoms with E-state index in [-0.39, 0.29) is 0 Å². The first-order valence-electron chi connectivity index (χ1n) is 2.98. The van der Waals surface area contributed by atoms with Crippen LogP contribution in [0.5, 0.6) is 0 Å². The zero-order valence-electron chi connectivity index (χ0n) is 6.26. The molecule has 2 N–H and O–H groups in total. The Labute approximate surface area is 66.7 Å². The maximum absolute atomic E-state index is 5.41. The van der Waals surface area contributed by atoms with Gasteiger partial charge in [-0.25, -0.2) is 0 Å². The van der Waals surface area contributed by atoms with Crippen LogP contribution in [0.3, 0.4) is 0 Å². The van der Waals surface area contributed by atoms with Gasteiger partial charge in [-0.05, 0) is 17.2 Å². The Morgan fingerprint density at radius 2 is 2.30 bits per heavy atom. The fourth-order valence-electron chi connectivity index (χ4n) is 0.576. The van der Waals surface area contributed by atoms with Crippen LogP contribution >= 0.6 is 11.8 Å². The molecule has 0 aliphatic heterocycles. The van der Waals surface area contributed by atoms with Crippen molar-refractivity contribution >= 4 is 11.8 Å². The van der Waals surface area contributed by atoms with E-state index in [4.69, 9.17) is 5.73 Å². The van der Waals surface area contributed by atoms with Crippen molar-refractivity contribution in [3.8, 4) is 0 Å². The van der Waals surface area contributed by atoms with Gasteiger partial charge in [-0.3, -0.25) is 0 Å². The van der Waals surface area contributed by atoms with Crippen molar-refractivity contribution in [2.75, 3.05) is 6.26 Å². The molecule has 0 bridgehead atoms. The van der Waals surface area contributed by atoms with Crippen LogP contribution in [0.25, 0.3) is 0 Å². The Bertz CT molecular complexity index is 159. The number of allylic oxidation sites excluding steroid dienone is 2. The fourth-order valence-corrected chi connectivity index (χ4v) is 1.06. The fraction of sp³-hybridized carbons (Fsp3) is 0.250. The number of hydrogen-bond donors (Lipinski definition) is 1. The normalized spacial score (nSPS) is 11.1. The van der Waals surface area contributed by atoms with E-state index >= 15 is 0 Å². The Balaban J connectivity index is 3.95. The SMILES string of the molecule is C=C/C(=C\SC)CC(=C)N. The third-order valence-corrected chi connectivity index (χ3v) is 1.50. The van der Waals surface area contributed by atoms with Gasteiger partial charge in [-0.2, -0.15) is 0 Å². The van der Waals surface area contributed by atoms with E-state index in [1.807, 2.05) is 11.7 Å². The summed E-state index contributed by atoms with van der Waals surface area (Å²) in [4.78, 5) is 0. The molecule has 0 amide bonds. The Hall–Kier alpha value is -0.630. The first-order valence-corrected chi connectivity index (χ1v) is 4.27. The third-order valence-electron chi connectivity index (χ3n) is 0.963. The predicted molar refractivity (Wildman–Crippen MR) is 49.7 cm³/mol. The van der Waals surface area contributed by atoms with Crippen molar-refractivity contribution in [3.63, 3.8) is 0 Å². The average molecular weight is 155 g/mol. The molecule has 1 nitrogen and oxygen atoms in total. The molecule has 0 aliphatic carbocycles. The molecule has 0 aliphatic rings. The van der Waals surface area contributed by atoms with Crippen LogP contribution in [-0.4, -0.2) is 6.26 Å². The lowest BCUT2D eigenvalue weighted by Crippen LogP contribution is -1.94. The Morgan fingerprint density at radius 1 is 1.70 bits per heavy atom. The summed E-state index contributed by atoms with van der Waals surface area (Å²) < 4.78 is 0. The molecular weight excluding hydrogens is 142 g/mol. The largest absolute Gasteiger partial charge is 0.402 e. The first kappa shape index (κ1) is 9.37. The minimum Gasteiger partial charge on any atom is -0.402 e. The van der Waals surface area contributed by atoms with Crippen molar-refractivity contribution in [3.05, 3.63) is 35.9 Å². The maximum atomic E-state index is 5.41. The van der Waals surface area contributed by atoms with Crippen molar-refractivity contribution in [1.29, 1.82) is 0 Å². The highest BCUT2D eigenvalue weighted by atomic mass is 32.2. The van der Waals surface area contributed by atoms with Gasteiger partial charge in [-0.15, -0.1) is 11.8 Å². The van der Waals surface area contributed by atoms with Gasteiger partial charge >= 0.3 is 0 Å². The van der Waals surface area contributed by atoms with E-state index < -0.39 is 0 Å². The molecule has 0 atom stereocenters. The molecule has 10 heavy (non-hydrogen) atoms. The Morgan fingerprint density at radius 3 is 2.60 bits per heavy atom. The van der Waals surface area contributed by atoms with Crippen LogP contribution in [0, 0.1) is 0 Å². The molecule has 0 aromatic heterocycles. The van der Waals surface area contributed by atoms with Crippen LogP contribution in [0.1, 0.15) is 6.42 Å². The Kier molecular flexibility index (Phi) is 4.85. The number of nitrogens with two attached hydrogens (primary N) is 1. The second-order valence-corrected chi connectivity index (χ2v) is 2.67. The quantitative estimate of drug-likeness (QED) is 0.630. The molecule has 56 valence electrons. The topological polar surface area (TPSA) is 26.0 Å². The van der Waals surface area contributed by atoms with Gasteiger partial charge in [0.05, 0.1) is 0 Å². The van der Waals surface area contributed by atoms with E-state index in [1.165, 1.54) is 0 Å². The number of thioether (sulfide) groups is 1. The summed E-state index contributed by atoms with van der Waals surface area (Å²) in [5.74, 6) is 0. The van der Waals surface area contributed by atoms with Crippen LogP contribution in [0.4, 0.5) is 0 Å². The smallest absolute Gasteiger partial charge is 0.0120 e. The van der Waals surface area contributed by atoms with Crippen molar-refractivity contribution in [1.82, 2.24) is 0 Å². The summed E-state index contributed by atoms with van der Waals surface area (Å²) in [6.45, 7) is 7.26. The zero-order valence-corrected chi connectivity index (χ0v) is 7.08. The third kappa shape index (κ3) is 4.27. The molecule has 0 saturated heterocycles. The average Bonchev–Trinajstić information content (AvgIpc) is 1.86. The van der Waals surface area contributed by atoms with Gasteiger partial charge in [0, 0.05) is 12.1 Å². The second-order valence-electron chi connectivity index (χ2n) is 1.97. The van der Waals surface area contributed by atoms with Gasteiger partial charge in [-0.1, -0.05) is 19.2 Å². The number of rotatable bonds is 4. The summed E-state index contributed by atoms with van der Waals surface area (Å²) >= 11 is 1.65. The first-order chi connectivity index (χ1) is 4.70. The minimum absolute atomic E-state index is 0.681. The van der Waals surface area contributed by atoms with Gasteiger partial charge in [0.1, 0.15) is 0 Å². The van der Waals surface area contributed by atoms with Crippen molar-refractivity contribution in [2.24, 2.45) is 5.73 Å². The van der Waals surface area contributed by atoms with Crippen LogP contribution in [0.15, 0.2) is 35.9 Å². The van der Waals surface area contributed by atoms with Crippen LogP contribution < -0.4 is 5.73 Å². The van der Waals surface area contributed by atoms with Gasteiger partial charge in [0.25, 0.3) is 0 Å². The van der Waals surface area contributed by atoms with E-state index in [1.54, 1.807) is 17.8 Å². The molecule has 0 fully saturated rings. The lowest BCUT2D eigenvalue weighted by molar-refractivity contribution is 1.13. The van der Waals surface area contributed by atoms with Crippen molar-refractivity contribution in [2.45, 2.75) is 6.42 Å².